The van der Waals surface area contributed by atoms with Gasteiger partial charge in [-0.3, -0.25) is 9.59 Å². The third kappa shape index (κ3) is 2.33. The van der Waals surface area contributed by atoms with Gasteiger partial charge in [-0.15, -0.1) is 0 Å². The second-order valence-corrected chi connectivity index (χ2v) is 4.72. The average Bonchev–Trinajstić information content (AvgIpc) is 2.90. The van der Waals surface area contributed by atoms with Crippen molar-refractivity contribution in [3.8, 4) is 0 Å². The number of oxazole rings is 1. The van der Waals surface area contributed by atoms with Gasteiger partial charge in [-0.2, -0.15) is 0 Å². The van der Waals surface area contributed by atoms with E-state index in [0.29, 0.717) is 32.7 Å². The summed E-state index contributed by atoms with van der Waals surface area (Å²) >= 11 is 0. The van der Waals surface area contributed by atoms with Crippen LogP contribution in [0.1, 0.15) is 16.9 Å². The number of hydrogen-bond donors (Lipinski definition) is 1. The number of piperidine rings is 1. The van der Waals surface area contributed by atoms with Gasteiger partial charge in [0.15, 0.2) is 12.1 Å². The molecule has 7 heteroatoms. The lowest BCUT2D eigenvalue weighted by atomic mass is 9.93. The molecule has 0 radical (unpaired) electrons. The van der Waals surface area contributed by atoms with Gasteiger partial charge < -0.3 is 19.4 Å². The lowest BCUT2D eigenvalue weighted by Gasteiger charge is -2.35. The molecular formula is C12H15N3O4. The summed E-state index contributed by atoms with van der Waals surface area (Å²) in [6, 6.07) is 0. The molecule has 0 aromatic carbocycles. The SMILES string of the molecule is O=C1NCCO[C@H]2CN(C(=O)c3cocn3)CC[C@@H]12. The number of nitrogens with one attached hydrogen (secondary N) is 1. The molecule has 0 spiro atoms. The Morgan fingerprint density at radius 3 is 3.21 bits per heavy atom. The summed E-state index contributed by atoms with van der Waals surface area (Å²) in [7, 11) is 0. The minimum Gasteiger partial charge on any atom is -0.451 e. The van der Waals surface area contributed by atoms with E-state index in [1.807, 2.05) is 0 Å². The van der Waals surface area contributed by atoms with Crippen molar-refractivity contribution in [3.63, 3.8) is 0 Å². The minimum absolute atomic E-state index is 0.0241. The summed E-state index contributed by atoms with van der Waals surface area (Å²) in [6.45, 7) is 1.97. The van der Waals surface area contributed by atoms with Crippen LogP contribution in [0.4, 0.5) is 0 Å². The summed E-state index contributed by atoms with van der Waals surface area (Å²) < 4.78 is 10.5. The molecule has 3 rings (SSSR count). The third-order valence-electron chi connectivity index (χ3n) is 3.57. The van der Waals surface area contributed by atoms with E-state index >= 15 is 0 Å². The van der Waals surface area contributed by atoms with Crippen LogP contribution in [0.5, 0.6) is 0 Å². The number of carbonyl (C=O) groups is 2. The van der Waals surface area contributed by atoms with Crippen molar-refractivity contribution in [2.75, 3.05) is 26.2 Å². The molecule has 102 valence electrons. The molecule has 1 N–H and O–H groups in total. The van der Waals surface area contributed by atoms with Crippen LogP contribution in [0.2, 0.25) is 0 Å². The molecule has 0 saturated carbocycles. The average molecular weight is 265 g/mol. The maximum absolute atomic E-state index is 12.2. The standard InChI is InChI=1S/C12H15N3O4/c16-11-8-1-3-15(5-10(8)19-4-2-13-11)12(17)9-6-18-7-14-9/h6-8,10H,1-5H2,(H,13,16)/t8-,10+/m1/s1. The fourth-order valence-corrected chi connectivity index (χ4v) is 2.57. The van der Waals surface area contributed by atoms with E-state index in [4.69, 9.17) is 9.15 Å². The molecule has 19 heavy (non-hydrogen) atoms. The maximum Gasteiger partial charge on any atom is 0.275 e. The van der Waals surface area contributed by atoms with Gasteiger partial charge in [-0.05, 0) is 6.42 Å². The number of hydrogen-bond acceptors (Lipinski definition) is 5. The number of carbonyl (C=O) groups excluding carboxylic acids is 2. The Labute approximate surface area is 109 Å². The van der Waals surface area contributed by atoms with Crippen molar-refractivity contribution in [1.82, 2.24) is 15.2 Å². The first-order valence-electron chi connectivity index (χ1n) is 6.32. The Morgan fingerprint density at radius 2 is 2.42 bits per heavy atom. The number of nitrogens with zero attached hydrogens (tertiary/aromatic N) is 2. The monoisotopic (exact) mass is 265 g/mol. The van der Waals surface area contributed by atoms with E-state index in [-0.39, 0.29) is 29.5 Å². The highest BCUT2D eigenvalue weighted by Gasteiger charge is 2.38. The van der Waals surface area contributed by atoms with Crippen molar-refractivity contribution in [1.29, 1.82) is 0 Å². The Kier molecular flexibility index (Phi) is 3.20. The van der Waals surface area contributed by atoms with Gasteiger partial charge in [0, 0.05) is 19.6 Å². The number of likely N-dealkylation sites (tertiary alicyclic amines) is 1. The molecule has 2 atom stereocenters. The van der Waals surface area contributed by atoms with Gasteiger partial charge >= 0.3 is 0 Å². The largest absolute Gasteiger partial charge is 0.451 e. The smallest absolute Gasteiger partial charge is 0.275 e. The highest BCUT2D eigenvalue weighted by Crippen LogP contribution is 2.23. The Morgan fingerprint density at radius 1 is 1.53 bits per heavy atom. The fourth-order valence-electron chi connectivity index (χ4n) is 2.57. The van der Waals surface area contributed by atoms with Crippen molar-refractivity contribution >= 4 is 11.8 Å². The highest BCUT2D eigenvalue weighted by atomic mass is 16.5. The van der Waals surface area contributed by atoms with Gasteiger partial charge in [0.25, 0.3) is 5.91 Å². The first-order chi connectivity index (χ1) is 9.25. The molecule has 2 fully saturated rings. The molecule has 0 unspecified atom stereocenters. The number of fused-ring (bicyclic) bond motifs is 1. The summed E-state index contributed by atoms with van der Waals surface area (Å²) in [4.78, 5) is 29.5. The molecule has 1 aromatic heterocycles. The molecule has 0 aliphatic carbocycles. The second-order valence-electron chi connectivity index (χ2n) is 4.72. The van der Waals surface area contributed by atoms with Gasteiger partial charge in [-0.1, -0.05) is 0 Å². The van der Waals surface area contributed by atoms with Crippen molar-refractivity contribution in [3.05, 3.63) is 18.4 Å². The van der Waals surface area contributed by atoms with Gasteiger partial charge in [0.05, 0.1) is 18.6 Å². The van der Waals surface area contributed by atoms with Crippen LogP contribution in [0.3, 0.4) is 0 Å². The van der Waals surface area contributed by atoms with E-state index in [1.54, 1.807) is 4.90 Å². The van der Waals surface area contributed by atoms with Crippen LogP contribution in [0.25, 0.3) is 0 Å². The van der Waals surface area contributed by atoms with E-state index in [0.717, 1.165) is 0 Å². The predicted octanol–water partition coefficient (Wildman–Crippen LogP) is -0.348. The normalized spacial score (nSPS) is 27.4. The minimum atomic E-state index is -0.230. The number of amides is 2. The van der Waals surface area contributed by atoms with E-state index in [1.165, 1.54) is 12.7 Å². The van der Waals surface area contributed by atoms with Crippen molar-refractivity contribution in [2.24, 2.45) is 5.92 Å². The highest BCUT2D eigenvalue weighted by molar-refractivity contribution is 5.92. The Balaban J connectivity index is 1.71. The molecule has 2 saturated heterocycles. The number of rotatable bonds is 1. The Bertz CT molecular complexity index is 473. The van der Waals surface area contributed by atoms with Crippen LogP contribution in [-0.2, 0) is 9.53 Å². The van der Waals surface area contributed by atoms with Crippen LogP contribution < -0.4 is 5.32 Å². The summed E-state index contributed by atoms with van der Waals surface area (Å²) in [6.07, 6.45) is 2.94. The van der Waals surface area contributed by atoms with Crippen LogP contribution in [-0.4, -0.2) is 54.0 Å². The quantitative estimate of drug-likeness (QED) is 0.750. The molecule has 3 heterocycles. The zero-order valence-corrected chi connectivity index (χ0v) is 10.4. The van der Waals surface area contributed by atoms with Crippen LogP contribution in [0, 0.1) is 5.92 Å². The molecule has 2 aliphatic heterocycles. The molecule has 1 aromatic rings. The van der Waals surface area contributed by atoms with Gasteiger partial charge in [-0.25, -0.2) is 4.98 Å². The van der Waals surface area contributed by atoms with E-state index < -0.39 is 0 Å². The lowest BCUT2D eigenvalue weighted by molar-refractivity contribution is -0.129. The number of aromatic nitrogens is 1. The zero-order chi connectivity index (χ0) is 13.2. The van der Waals surface area contributed by atoms with Crippen LogP contribution >= 0.6 is 0 Å². The molecule has 2 aliphatic rings. The predicted molar refractivity (Wildman–Crippen MR) is 63.3 cm³/mol. The Hall–Kier alpha value is -1.89. The molecule has 7 nitrogen and oxygen atoms in total. The first kappa shape index (κ1) is 12.2. The molecule has 2 amide bonds. The summed E-state index contributed by atoms with van der Waals surface area (Å²) in [5, 5.41) is 2.82. The van der Waals surface area contributed by atoms with E-state index in [2.05, 4.69) is 10.3 Å². The first-order valence-corrected chi connectivity index (χ1v) is 6.32. The van der Waals surface area contributed by atoms with Crippen LogP contribution in [0.15, 0.2) is 17.1 Å². The van der Waals surface area contributed by atoms with Gasteiger partial charge in [0.1, 0.15) is 6.26 Å². The lowest BCUT2D eigenvalue weighted by Crippen LogP contribution is -2.50. The zero-order valence-electron chi connectivity index (χ0n) is 10.4. The third-order valence-corrected chi connectivity index (χ3v) is 3.57. The summed E-state index contributed by atoms with van der Waals surface area (Å²) in [5.41, 5.74) is 0.288. The number of ether oxygens (including phenoxy) is 1. The van der Waals surface area contributed by atoms with E-state index in [9.17, 15) is 9.59 Å². The van der Waals surface area contributed by atoms with Crippen molar-refractivity contribution < 1.29 is 18.7 Å². The fraction of sp³-hybridized carbons (Fsp3) is 0.583. The molecular weight excluding hydrogens is 250 g/mol. The second kappa shape index (κ2) is 5.00. The molecule has 0 bridgehead atoms. The maximum atomic E-state index is 12.2. The topological polar surface area (TPSA) is 84.7 Å². The van der Waals surface area contributed by atoms with Gasteiger partial charge in [0.2, 0.25) is 5.91 Å². The van der Waals surface area contributed by atoms with Crippen molar-refractivity contribution in [2.45, 2.75) is 12.5 Å². The summed E-state index contributed by atoms with van der Waals surface area (Å²) in [5.74, 6) is -0.319.